The van der Waals surface area contributed by atoms with Crippen LogP contribution >= 0.6 is 0 Å². The predicted molar refractivity (Wildman–Crippen MR) is 78.5 cm³/mol. The molecule has 4 heteroatoms. The third-order valence-corrected chi connectivity index (χ3v) is 5.26. The van der Waals surface area contributed by atoms with Gasteiger partial charge < -0.3 is 14.8 Å². The smallest absolute Gasteiger partial charge is 0.231 e. The van der Waals surface area contributed by atoms with E-state index in [9.17, 15) is 4.79 Å². The highest BCUT2D eigenvalue weighted by molar-refractivity contribution is 5.89. The van der Waals surface area contributed by atoms with Crippen LogP contribution in [0.15, 0.2) is 18.2 Å². The fourth-order valence-electron chi connectivity index (χ4n) is 3.77. The van der Waals surface area contributed by atoms with Gasteiger partial charge in [-0.25, -0.2) is 0 Å². The SMILES string of the molecule is O=C(NC1CCCC1)C1(c2ccc3c(c2)OCO3)CCC1. The molecule has 1 amide bonds. The van der Waals surface area contributed by atoms with E-state index in [-0.39, 0.29) is 18.1 Å². The lowest BCUT2D eigenvalue weighted by Crippen LogP contribution is -2.51. The molecule has 1 heterocycles. The number of hydrogen-bond acceptors (Lipinski definition) is 3. The molecule has 1 aromatic rings. The number of benzene rings is 1. The first-order chi connectivity index (χ1) is 10.3. The topological polar surface area (TPSA) is 47.6 Å². The Morgan fingerprint density at radius 2 is 1.86 bits per heavy atom. The van der Waals surface area contributed by atoms with Crippen LogP contribution in [0.5, 0.6) is 11.5 Å². The van der Waals surface area contributed by atoms with Crippen LogP contribution in [0.25, 0.3) is 0 Å². The molecule has 112 valence electrons. The van der Waals surface area contributed by atoms with Crippen molar-refractivity contribution >= 4 is 5.91 Å². The molecule has 0 atom stereocenters. The predicted octanol–water partition coefficient (Wildman–Crippen LogP) is 2.90. The van der Waals surface area contributed by atoms with E-state index >= 15 is 0 Å². The van der Waals surface area contributed by atoms with Crippen LogP contribution < -0.4 is 14.8 Å². The first-order valence-electron chi connectivity index (χ1n) is 7.99. The van der Waals surface area contributed by atoms with Crippen molar-refractivity contribution in [1.82, 2.24) is 5.32 Å². The Morgan fingerprint density at radius 1 is 1.10 bits per heavy atom. The first-order valence-corrected chi connectivity index (χ1v) is 7.99. The summed E-state index contributed by atoms with van der Waals surface area (Å²) in [5.41, 5.74) is 0.734. The maximum absolute atomic E-state index is 12.8. The average Bonchev–Trinajstić information content (AvgIpc) is 3.07. The van der Waals surface area contributed by atoms with Gasteiger partial charge in [-0.1, -0.05) is 25.3 Å². The Balaban J connectivity index is 1.58. The third-order valence-electron chi connectivity index (χ3n) is 5.26. The zero-order chi connectivity index (χ0) is 14.3. The van der Waals surface area contributed by atoms with E-state index in [1.807, 2.05) is 18.2 Å². The van der Waals surface area contributed by atoms with E-state index in [0.717, 1.165) is 49.2 Å². The van der Waals surface area contributed by atoms with Crippen molar-refractivity contribution in [3.8, 4) is 11.5 Å². The second-order valence-corrected chi connectivity index (χ2v) is 6.46. The van der Waals surface area contributed by atoms with Gasteiger partial charge in [0.2, 0.25) is 12.7 Å². The molecule has 4 rings (SSSR count). The zero-order valence-corrected chi connectivity index (χ0v) is 12.2. The van der Waals surface area contributed by atoms with E-state index < -0.39 is 0 Å². The molecule has 4 nitrogen and oxygen atoms in total. The summed E-state index contributed by atoms with van der Waals surface area (Å²) in [6, 6.07) is 6.33. The molecular formula is C17H21NO3. The van der Waals surface area contributed by atoms with Crippen molar-refractivity contribution in [2.24, 2.45) is 0 Å². The Kier molecular flexibility index (Phi) is 3.05. The van der Waals surface area contributed by atoms with E-state index in [0.29, 0.717) is 6.04 Å². The highest BCUT2D eigenvalue weighted by atomic mass is 16.7. The van der Waals surface area contributed by atoms with Crippen molar-refractivity contribution in [2.75, 3.05) is 6.79 Å². The Hall–Kier alpha value is -1.71. The number of fused-ring (bicyclic) bond motifs is 1. The molecule has 21 heavy (non-hydrogen) atoms. The van der Waals surface area contributed by atoms with Gasteiger partial charge in [0.25, 0.3) is 0 Å². The summed E-state index contributed by atoms with van der Waals surface area (Å²) in [7, 11) is 0. The average molecular weight is 287 g/mol. The Bertz CT molecular complexity index is 559. The Morgan fingerprint density at radius 3 is 2.57 bits per heavy atom. The number of nitrogens with one attached hydrogen (secondary N) is 1. The van der Waals surface area contributed by atoms with Gasteiger partial charge in [0.1, 0.15) is 0 Å². The summed E-state index contributed by atoms with van der Waals surface area (Å²) in [4.78, 5) is 12.8. The minimum atomic E-state index is -0.344. The number of carbonyl (C=O) groups is 1. The first kappa shape index (κ1) is 13.0. The quantitative estimate of drug-likeness (QED) is 0.930. The van der Waals surface area contributed by atoms with Crippen molar-refractivity contribution in [1.29, 1.82) is 0 Å². The summed E-state index contributed by atoms with van der Waals surface area (Å²) in [6.45, 7) is 0.278. The van der Waals surface area contributed by atoms with Gasteiger partial charge in [0.05, 0.1) is 5.41 Å². The lowest BCUT2D eigenvalue weighted by atomic mass is 9.63. The summed E-state index contributed by atoms with van der Waals surface area (Å²) in [5.74, 6) is 1.76. The molecule has 0 radical (unpaired) electrons. The number of carbonyl (C=O) groups excluding carboxylic acids is 1. The fraction of sp³-hybridized carbons (Fsp3) is 0.588. The van der Waals surface area contributed by atoms with Gasteiger partial charge in [0, 0.05) is 6.04 Å². The molecule has 2 fully saturated rings. The van der Waals surface area contributed by atoms with Gasteiger partial charge in [0.15, 0.2) is 11.5 Å². The number of ether oxygens (including phenoxy) is 2. The molecule has 3 aliphatic rings. The highest BCUT2D eigenvalue weighted by Gasteiger charge is 2.46. The second-order valence-electron chi connectivity index (χ2n) is 6.46. The van der Waals surface area contributed by atoms with Gasteiger partial charge in [-0.3, -0.25) is 4.79 Å². The molecule has 1 aliphatic heterocycles. The molecule has 0 bridgehead atoms. The maximum atomic E-state index is 12.8. The zero-order valence-electron chi connectivity index (χ0n) is 12.2. The van der Waals surface area contributed by atoms with Gasteiger partial charge in [-0.15, -0.1) is 0 Å². The van der Waals surface area contributed by atoms with E-state index in [4.69, 9.17) is 9.47 Å². The minimum Gasteiger partial charge on any atom is -0.454 e. The van der Waals surface area contributed by atoms with Crippen molar-refractivity contribution in [2.45, 2.75) is 56.4 Å². The molecule has 0 unspecified atom stereocenters. The van der Waals surface area contributed by atoms with Crippen LogP contribution in [-0.4, -0.2) is 18.7 Å². The van der Waals surface area contributed by atoms with Crippen LogP contribution in [0.2, 0.25) is 0 Å². The monoisotopic (exact) mass is 287 g/mol. The Labute approximate surface area is 124 Å². The summed E-state index contributed by atoms with van der Waals surface area (Å²) >= 11 is 0. The van der Waals surface area contributed by atoms with E-state index in [1.54, 1.807) is 0 Å². The van der Waals surface area contributed by atoms with Gasteiger partial charge in [-0.05, 0) is 43.4 Å². The highest BCUT2D eigenvalue weighted by Crippen LogP contribution is 2.47. The van der Waals surface area contributed by atoms with Crippen LogP contribution in [0.4, 0.5) is 0 Å². The van der Waals surface area contributed by atoms with Crippen LogP contribution in [0.1, 0.15) is 50.5 Å². The van der Waals surface area contributed by atoms with Crippen LogP contribution in [0, 0.1) is 0 Å². The van der Waals surface area contributed by atoms with Crippen molar-refractivity contribution < 1.29 is 14.3 Å². The third kappa shape index (κ3) is 2.08. The molecule has 2 aliphatic carbocycles. The largest absolute Gasteiger partial charge is 0.454 e. The molecule has 1 N–H and O–H groups in total. The van der Waals surface area contributed by atoms with E-state index in [2.05, 4.69) is 5.32 Å². The van der Waals surface area contributed by atoms with Crippen LogP contribution in [0.3, 0.4) is 0 Å². The standard InChI is InChI=1S/C17H21NO3/c19-16(18-13-4-1-2-5-13)17(8-3-9-17)12-6-7-14-15(10-12)21-11-20-14/h6-7,10,13H,1-5,8-9,11H2,(H,18,19). The number of hydrogen-bond donors (Lipinski definition) is 1. The summed E-state index contributed by atoms with van der Waals surface area (Å²) in [5, 5.41) is 3.28. The molecular weight excluding hydrogens is 266 g/mol. The molecule has 0 spiro atoms. The lowest BCUT2D eigenvalue weighted by Gasteiger charge is -2.41. The van der Waals surface area contributed by atoms with Crippen molar-refractivity contribution in [3.05, 3.63) is 23.8 Å². The fourth-order valence-corrected chi connectivity index (χ4v) is 3.77. The minimum absolute atomic E-state index is 0.208. The van der Waals surface area contributed by atoms with Crippen molar-refractivity contribution in [3.63, 3.8) is 0 Å². The summed E-state index contributed by atoms with van der Waals surface area (Å²) < 4.78 is 10.8. The maximum Gasteiger partial charge on any atom is 0.231 e. The summed E-state index contributed by atoms with van der Waals surface area (Å²) in [6.07, 6.45) is 7.72. The van der Waals surface area contributed by atoms with Gasteiger partial charge in [-0.2, -0.15) is 0 Å². The molecule has 0 aromatic heterocycles. The van der Waals surface area contributed by atoms with E-state index in [1.165, 1.54) is 12.8 Å². The molecule has 1 aromatic carbocycles. The molecule has 2 saturated carbocycles. The second kappa shape index (κ2) is 4.93. The lowest BCUT2D eigenvalue weighted by molar-refractivity contribution is -0.130. The van der Waals surface area contributed by atoms with Gasteiger partial charge >= 0.3 is 0 Å². The number of rotatable bonds is 3. The molecule has 0 saturated heterocycles. The van der Waals surface area contributed by atoms with Crippen LogP contribution in [-0.2, 0) is 10.2 Å². The normalized spacial score (nSPS) is 22.9. The number of amides is 1.